The van der Waals surface area contributed by atoms with Gasteiger partial charge in [-0.3, -0.25) is 15.1 Å². The van der Waals surface area contributed by atoms with Crippen LogP contribution < -0.4 is 21.7 Å². The molecule has 0 radical (unpaired) electrons. The summed E-state index contributed by atoms with van der Waals surface area (Å²) in [4.78, 5) is 28.6. The highest BCUT2D eigenvalue weighted by molar-refractivity contribution is 5.83. The molecular formula is C28H43N5O6. The highest BCUT2D eigenvalue weighted by atomic mass is 16.6. The monoisotopic (exact) mass is 545 g/mol. The maximum atomic E-state index is 13.1. The van der Waals surface area contributed by atoms with Gasteiger partial charge in [0.2, 0.25) is 0 Å². The number of carbonyl (C=O) groups is 2. The number of rotatable bonds is 16. The lowest BCUT2D eigenvalue weighted by Gasteiger charge is -2.34. The van der Waals surface area contributed by atoms with Gasteiger partial charge in [-0.2, -0.15) is 0 Å². The van der Waals surface area contributed by atoms with E-state index < -0.39 is 48.7 Å². The number of aromatic nitrogens is 1. The first kappa shape index (κ1) is 32.0. The molecule has 216 valence electrons. The molecule has 0 saturated carbocycles. The van der Waals surface area contributed by atoms with Gasteiger partial charge < -0.3 is 36.4 Å². The van der Waals surface area contributed by atoms with E-state index in [1.807, 2.05) is 58.0 Å². The molecule has 0 fully saturated rings. The van der Waals surface area contributed by atoms with Gasteiger partial charge in [0.05, 0.1) is 17.9 Å². The molecule has 6 atom stereocenters. The summed E-state index contributed by atoms with van der Waals surface area (Å²) in [5, 5.41) is 41.6. The third kappa shape index (κ3) is 11.6. The Kier molecular flexibility index (Phi) is 13.1. The first-order valence-corrected chi connectivity index (χ1v) is 13.2. The number of hydrogen-bond acceptors (Lipinski definition) is 9. The quantitative estimate of drug-likeness (QED) is 0.155. The molecule has 0 aliphatic heterocycles. The molecule has 2 rings (SSSR count). The SMILES string of the molecule is CC(C)CC(N[C@@H](O)C(Cc1ccccc1)NC(=O)[C@H](CC(C)C)OC(N)=O)C(O)C(O)Nc1cccnc1. The number of hydrogen-bond donors (Lipinski definition) is 7. The lowest BCUT2D eigenvalue weighted by Crippen LogP contribution is -2.59. The van der Waals surface area contributed by atoms with Gasteiger partial charge in [-0.15, -0.1) is 0 Å². The van der Waals surface area contributed by atoms with Gasteiger partial charge in [0.1, 0.15) is 12.3 Å². The van der Waals surface area contributed by atoms with Crippen LogP contribution in [0.15, 0.2) is 54.9 Å². The van der Waals surface area contributed by atoms with Crippen LogP contribution in [0.1, 0.15) is 46.1 Å². The van der Waals surface area contributed by atoms with Crippen molar-refractivity contribution in [3.8, 4) is 0 Å². The zero-order valence-electron chi connectivity index (χ0n) is 23.0. The van der Waals surface area contributed by atoms with Crippen molar-refractivity contribution < 1.29 is 29.6 Å². The van der Waals surface area contributed by atoms with Crippen LogP contribution in [0.25, 0.3) is 0 Å². The second-order valence-corrected chi connectivity index (χ2v) is 10.5. The Hall–Kier alpha value is -3.25. The van der Waals surface area contributed by atoms with Crippen molar-refractivity contribution in [3.63, 3.8) is 0 Å². The summed E-state index contributed by atoms with van der Waals surface area (Å²) in [5.41, 5.74) is 6.55. The van der Waals surface area contributed by atoms with E-state index in [1.54, 1.807) is 18.3 Å². The van der Waals surface area contributed by atoms with E-state index in [1.165, 1.54) is 6.20 Å². The van der Waals surface area contributed by atoms with Gasteiger partial charge in [0.15, 0.2) is 12.3 Å². The van der Waals surface area contributed by atoms with Crippen molar-refractivity contribution in [1.82, 2.24) is 15.6 Å². The molecule has 1 heterocycles. The second kappa shape index (κ2) is 16.0. The summed E-state index contributed by atoms with van der Waals surface area (Å²) in [6, 6.07) is 11.1. The van der Waals surface area contributed by atoms with E-state index in [9.17, 15) is 24.9 Å². The van der Waals surface area contributed by atoms with Gasteiger partial charge in [-0.1, -0.05) is 58.0 Å². The number of carbonyl (C=O) groups excluding carboxylic acids is 2. The molecule has 2 aromatic rings. The molecule has 0 bridgehead atoms. The molecule has 0 saturated heterocycles. The van der Waals surface area contributed by atoms with Crippen LogP contribution in [0.5, 0.6) is 0 Å². The van der Waals surface area contributed by atoms with Gasteiger partial charge in [0.25, 0.3) is 5.91 Å². The number of pyridine rings is 1. The van der Waals surface area contributed by atoms with Crippen LogP contribution in [-0.2, 0) is 16.0 Å². The van der Waals surface area contributed by atoms with Crippen molar-refractivity contribution in [2.24, 2.45) is 17.6 Å². The molecule has 0 aliphatic rings. The summed E-state index contributed by atoms with van der Waals surface area (Å²) in [6.45, 7) is 7.67. The average molecular weight is 546 g/mol. The molecule has 11 heteroatoms. The highest BCUT2D eigenvalue weighted by Crippen LogP contribution is 2.16. The standard InChI is InChI=1S/C28H43N5O6/c1-17(2)13-21(24(34)27(37)31-20-11-8-12-30-16-20)32-25(35)22(15-19-9-6-5-7-10-19)33-26(36)23(14-18(3)4)39-28(29)38/h5-12,16-18,21-25,27,31-32,34-35,37H,13-15H2,1-4H3,(H2,29,38)(H,33,36)/t21?,22?,23-,24?,25-,27?/m0/s1. The topological polar surface area (TPSA) is 179 Å². The normalized spacial score (nSPS) is 16.1. The number of nitrogens with one attached hydrogen (secondary N) is 3. The Morgan fingerprint density at radius 3 is 2.15 bits per heavy atom. The number of aliphatic hydroxyl groups is 3. The largest absolute Gasteiger partial charge is 0.436 e. The van der Waals surface area contributed by atoms with Gasteiger partial charge in [-0.05, 0) is 48.8 Å². The minimum absolute atomic E-state index is 0.0371. The van der Waals surface area contributed by atoms with Crippen molar-refractivity contribution in [3.05, 3.63) is 60.4 Å². The minimum Gasteiger partial charge on any atom is -0.436 e. The Labute approximate surface area is 230 Å². The Morgan fingerprint density at radius 2 is 1.59 bits per heavy atom. The van der Waals surface area contributed by atoms with Crippen LogP contribution in [0.4, 0.5) is 10.5 Å². The first-order chi connectivity index (χ1) is 18.5. The highest BCUT2D eigenvalue weighted by Gasteiger charge is 2.33. The van der Waals surface area contributed by atoms with Gasteiger partial charge >= 0.3 is 6.09 Å². The predicted molar refractivity (Wildman–Crippen MR) is 148 cm³/mol. The van der Waals surface area contributed by atoms with Gasteiger partial charge in [0, 0.05) is 12.2 Å². The second-order valence-electron chi connectivity index (χ2n) is 10.5. The number of nitrogens with two attached hydrogens (primary N) is 1. The Morgan fingerprint density at radius 1 is 0.923 bits per heavy atom. The van der Waals surface area contributed by atoms with Crippen LogP contribution in [0.2, 0.25) is 0 Å². The fourth-order valence-corrected chi connectivity index (χ4v) is 4.24. The van der Waals surface area contributed by atoms with Crippen molar-refractivity contribution >= 4 is 17.7 Å². The van der Waals surface area contributed by atoms with Crippen molar-refractivity contribution in [2.45, 2.75) is 83.7 Å². The number of anilines is 1. The molecule has 1 aromatic carbocycles. The van der Waals surface area contributed by atoms with E-state index in [-0.39, 0.29) is 24.7 Å². The molecule has 8 N–H and O–H groups in total. The summed E-state index contributed by atoms with van der Waals surface area (Å²) < 4.78 is 5.05. The summed E-state index contributed by atoms with van der Waals surface area (Å²) >= 11 is 0. The number of amides is 2. The van der Waals surface area contributed by atoms with E-state index in [4.69, 9.17) is 10.5 Å². The Bertz CT molecular complexity index is 994. The third-order valence-electron chi connectivity index (χ3n) is 6.07. The summed E-state index contributed by atoms with van der Waals surface area (Å²) in [7, 11) is 0. The number of primary amides is 1. The maximum Gasteiger partial charge on any atom is 0.405 e. The maximum absolute atomic E-state index is 13.1. The number of benzene rings is 1. The van der Waals surface area contributed by atoms with E-state index in [0.29, 0.717) is 12.1 Å². The lowest BCUT2D eigenvalue weighted by atomic mass is 9.96. The van der Waals surface area contributed by atoms with Crippen LogP contribution in [0.3, 0.4) is 0 Å². The molecule has 1 aromatic heterocycles. The first-order valence-electron chi connectivity index (χ1n) is 13.2. The average Bonchev–Trinajstić information content (AvgIpc) is 2.87. The van der Waals surface area contributed by atoms with E-state index in [2.05, 4.69) is 20.9 Å². The predicted octanol–water partition coefficient (Wildman–Crippen LogP) is 1.73. The van der Waals surface area contributed by atoms with Crippen LogP contribution in [0, 0.1) is 11.8 Å². The molecule has 4 unspecified atom stereocenters. The number of aliphatic hydroxyl groups excluding tert-OH is 3. The zero-order chi connectivity index (χ0) is 28.9. The van der Waals surface area contributed by atoms with Gasteiger partial charge in [-0.25, -0.2) is 4.79 Å². The summed E-state index contributed by atoms with van der Waals surface area (Å²) in [5.74, 6) is -0.449. The minimum atomic E-state index is -1.36. The lowest BCUT2D eigenvalue weighted by molar-refractivity contribution is -0.132. The fourth-order valence-electron chi connectivity index (χ4n) is 4.24. The molecular weight excluding hydrogens is 502 g/mol. The Balaban J connectivity index is 2.24. The van der Waals surface area contributed by atoms with Crippen molar-refractivity contribution in [2.75, 3.05) is 5.32 Å². The zero-order valence-corrected chi connectivity index (χ0v) is 23.0. The number of nitrogens with zero attached hydrogens (tertiary/aromatic N) is 1. The van der Waals surface area contributed by atoms with Crippen LogP contribution >= 0.6 is 0 Å². The molecule has 11 nitrogen and oxygen atoms in total. The molecule has 0 spiro atoms. The van der Waals surface area contributed by atoms with Crippen molar-refractivity contribution in [1.29, 1.82) is 0 Å². The summed E-state index contributed by atoms with van der Waals surface area (Å²) in [6.07, 6.45) is -2.19. The molecule has 2 amide bonds. The molecule has 39 heavy (non-hydrogen) atoms. The number of ether oxygens (including phenoxy) is 1. The molecule has 0 aliphatic carbocycles. The fraction of sp³-hybridized carbons (Fsp3) is 0.536. The van der Waals surface area contributed by atoms with Crippen LogP contribution in [-0.4, -0.2) is 69.1 Å². The van der Waals surface area contributed by atoms with E-state index >= 15 is 0 Å². The smallest absolute Gasteiger partial charge is 0.405 e. The third-order valence-corrected chi connectivity index (χ3v) is 6.07. The van der Waals surface area contributed by atoms with E-state index in [0.717, 1.165) is 5.56 Å².